The number of methoxy groups -OCH3 is 1. The maximum atomic E-state index is 13.6. The number of anilines is 1. The predicted octanol–water partition coefficient (Wildman–Crippen LogP) is 5.60. The minimum atomic E-state index is -0.128. The predicted molar refractivity (Wildman–Crippen MR) is 155 cm³/mol. The Bertz CT molecular complexity index is 1640. The van der Waals surface area contributed by atoms with Gasteiger partial charge in [-0.25, -0.2) is 0 Å². The van der Waals surface area contributed by atoms with Gasteiger partial charge in [0.1, 0.15) is 5.75 Å². The van der Waals surface area contributed by atoms with E-state index in [2.05, 4.69) is 39.2 Å². The van der Waals surface area contributed by atoms with E-state index in [0.717, 1.165) is 48.3 Å². The number of carbonyl (C=O) groups is 1. The van der Waals surface area contributed by atoms with E-state index in [4.69, 9.17) is 25.8 Å². The molecule has 3 heterocycles. The number of fused-ring (bicyclic) bond motifs is 1. The molecular weight excluding hydrogens is 526 g/mol. The van der Waals surface area contributed by atoms with Crippen LogP contribution in [0.3, 0.4) is 0 Å². The molecule has 1 aliphatic heterocycles. The summed E-state index contributed by atoms with van der Waals surface area (Å²) >= 11 is 6.05. The van der Waals surface area contributed by atoms with Gasteiger partial charge in [-0.3, -0.25) is 14.3 Å². The van der Waals surface area contributed by atoms with Crippen LogP contribution in [-0.4, -0.2) is 58.8 Å². The zero-order valence-corrected chi connectivity index (χ0v) is 23.3. The molecule has 1 saturated heterocycles. The maximum Gasteiger partial charge on any atom is 0.262 e. The highest BCUT2D eigenvalue weighted by Crippen LogP contribution is 2.32. The lowest BCUT2D eigenvalue weighted by Crippen LogP contribution is -2.46. The molecule has 0 atom stereocenters. The van der Waals surface area contributed by atoms with Gasteiger partial charge >= 0.3 is 0 Å². The zero-order chi connectivity index (χ0) is 27.6. The summed E-state index contributed by atoms with van der Waals surface area (Å²) in [5.41, 5.74) is 4.37. The van der Waals surface area contributed by atoms with Crippen molar-refractivity contribution in [2.45, 2.75) is 19.9 Å². The number of carbonyl (C=O) groups excluding carboxylic acids is 1. The number of nitrogens with zero attached hydrogens (tertiary/aromatic N) is 5. The second kappa shape index (κ2) is 11.2. The highest BCUT2D eigenvalue weighted by molar-refractivity contribution is 6.30. The number of halogens is 1. The van der Waals surface area contributed by atoms with Gasteiger partial charge < -0.3 is 14.2 Å². The third kappa shape index (κ3) is 5.20. The van der Waals surface area contributed by atoms with Crippen LogP contribution in [0.15, 0.2) is 77.3 Å². The molecule has 0 spiro atoms. The Hall–Kier alpha value is -4.14. The van der Waals surface area contributed by atoms with Crippen LogP contribution in [0.4, 0.5) is 5.69 Å². The van der Waals surface area contributed by atoms with E-state index in [0.29, 0.717) is 41.0 Å². The summed E-state index contributed by atoms with van der Waals surface area (Å²) in [5.74, 6) is 1.77. The van der Waals surface area contributed by atoms with Crippen molar-refractivity contribution >= 4 is 34.1 Å². The third-order valence-electron chi connectivity index (χ3n) is 7.53. The SMILES string of the molecule is COc1ccc2c(c1)c(Cc1nc(CN3CCN(c4ccccc4)CC3)no1)c(C)n2C(=O)c1ccc(Cl)cc1. The summed E-state index contributed by atoms with van der Waals surface area (Å²) in [6.07, 6.45) is 0.408. The van der Waals surface area contributed by atoms with E-state index in [1.165, 1.54) is 5.69 Å². The van der Waals surface area contributed by atoms with Gasteiger partial charge in [-0.2, -0.15) is 4.98 Å². The molecule has 0 aliphatic carbocycles. The summed E-state index contributed by atoms with van der Waals surface area (Å²) in [5, 5.41) is 5.77. The summed E-state index contributed by atoms with van der Waals surface area (Å²) in [6, 6.07) is 23.1. The van der Waals surface area contributed by atoms with Crippen molar-refractivity contribution in [3.8, 4) is 5.75 Å². The average molecular weight is 556 g/mol. The van der Waals surface area contributed by atoms with Crippen LogP contribution in [0.1, 0.15) is 33.3 Å². The molecule has 0 bridgehead atoms. The molecule has 40 heavy (non-hydrogen) atoms. The highest BCUT2D eigenvalue weighted by Gasteiger charge is 2.23. The zero-order valence-electron chi connectivity index (χ0n) is 22.5. The molecule has 0 N–H and O–H groups in total. The van der Waals surface area contributed by atoms with Crippen molar-refractivity contribution in [2.75, 3.05) is 38.2 Å². The summed E-state index contributed by atoms with van der Waals surface area (Å²) in [4.78, 5) is 23.0. The van der Waals surface area contributed by atoms with Crippen molar-refractivity contribution < 1.29 is 14.1 Å². The van der Waals surface area contributed by atoms with Gasteiger partial charge in [0.15, 0.2) is 5.82 Å². The van der Waals surface area contributed by atoms with Crippen LogP contribution in [0.2, 0.25) is 5.02 Å². The van der Waals surface area contributed by atoms with Crippen LogP contribution >= 0.6 is 11.6 Å². The van der Waals surface area contributed by atoms with Crippen LogP contribution < -0.4 is 9.64 Å². The maximum absolute atomic E-state index is 13.6. The van der Waals surface area contributed by atoms with Gasteiger partial charge in [0.2, 0.25) is 5.89 Å². The molecular formula is C31H30ClN5O3. The lowest BCUT2D eigenvalue weighted by Gasteiger charge is -2.35. The molecule has 3 aromatic carbocycles. The molecule has 9 heteroatoms. The fraction of sp³-hybridized carbons (Fsp3) is 0.258. The first-order valence-electron chi connectivity index (χ1n) is 13.3. The number of piperazine rings is 1. The number of hydrogen-bond donors (Lipinski definition) is 0. The monoisotopic (exact) mass is 555 g/mol. The Balaban J connectivity index is 1.22. The third-order valence-corrected chi connectivity index (χ3v) is 7.78. The Morgan fingerprint density at radius 2 is 1.75 bits per heavy atom. The first-order valence-corrected chi connectivity index (χ1v) is 13.7. The topological polar surface area (TPSA) is 76.6 Å². The second-order valence-corrected chi connectivity index (χ2v) is 10.4. The summed E-state index contributed by atoms with van der Waals surface area (Å²) in [7, 11) is 1.63. The standard InChI is InChI=1S/C31H30ClN5O3/c1-21-26(27-18-25(39-2)12-13-28(27)37(21)31(38)22-8-10-23(32)11-9-22)19-30-33-29(34-40-30)20-35-14-16-36(17-15-35)24-6-4-3-5-7-24/h3-13,18H,14-17,19-20H2,1-2H3. The molecule has 6 rings (SSSR count). The quantitative estimate of drug-likeness (QED) is 0.259. The van der Waals surface area contributed by atoms with E-state index in [1.807, 2.05) is 31.2 Å². The lowest BCUT2D eigenvalue weighted by molar-refractivity contribution is 0.0963. The molecule has 0 unspecified atom stereocenters. The van der Waals surface area contributed by atoms with Crippen LogP contribution in [0.25, 0.3) is 10.9 Å². The minimum absolute atomic E-state index is 0.128. The van der Waals surface area contributed by atoms with Gasteiger partial charge in [0.05, 0.1) is 25.6 Å². The van der Waals surface area contributed by atoms with Crippen LogP contribution in [0, 0.1) is 6.92 Å². The fourth-order valence-electron chi connectivity index (χ4n) is 5.38. The first kappa shape index (κ1) is 26.1. The summed E-state index contributed by atoms with van der Waals surface area (Å²) < 4.78 is 12.9. The Morgan fingerprint density at radius 3 is 2.48 bits per heavy atom. The van der Waals surface area contributed by atoms with Crippen LogP contribution in [-0.2, 0) is 13.0 Å². The minimum Gasteiger partial charge on any atom is -0.497 e. The number of benzene rings is 3. The Morgan fingerprint density at radius 1 is 1.00 bits per heavy atom. The molecule has 204 valence electrons. The fourth-order valence-corrected chi connectivity index (χ4v) is 5.50. The van der Waals surface area contributed by atoms with Crippen molar-refractivity contribution in [3.05, 3.63) is 106 Å². The normalized spacial score (nSPS) is 14.1. The van der Waals surface area contributed by atoms with Crippen molar-refractivity contribution in [1.29, 1.82) is 0 Å². The average Bonchev–Trinajstić information content (AvgIpc) is 3.54. The van der Waals surface area contributed by atoms with Crippen molar-refractivity contribution in [1.82, 2.24) is 19.6 Å². The molecule has 8 nitrogen and oxygen atoms in total. The molecule has 5 aromatic rings. The first-order chi connectivity index (χ1) is 19.5. The number of hydrogen-bond acceptors (Lipinski definition) is 7. The highest BCUT2D eigenvalue weighted by atomic mass is 35.5. The van der Waals surface area contributed by atoms with Gasteiger partial charge in [-0.1, -0.05) is 35.0 Å². The number of rotatable bonds is 7. The van der Waals surface area contributed by atoms with Gasteiger partial charge in [0.25, 0.3) is 5.91 Å². The van der Waals surface area contributed by atoms with E-state index in [9.17, 15) is 4.79 Å². The molecule has 1 aliphatic rings. The van der Waals surface area contributed by atoms with E-state index < -0.39 is 0 Å². The smallest absolute Gasteiger partial charge is 0.262 e. The van der Waals surface area contributed by atoms with Crippen molar-refractivity contribution in [2.24, 2.45) is 0 Å². The number of aromatic nitrogens is 3. The number of para-hydroxylation sites is 1. The Kier molecular flexibility index (Phi) is 7.28. The number of ether oxygens (including phenoxy) is 1. The molecule has 1 fully saturated rings. The van der Waals surface area contributed by atoms with Gasteiger partial charge in [-0.15, -0.1) is 0 Å². The lowest BCUT2D eigenvalue weighted by atomic mass is 10.1. The molecule has 2 aromatic heterocycles. The Labute approximate surface area is 237 Å². The van der Waals surface area contributed by atoms with Crippen LogP contribution in [0.5, 0.6) is 5.75 Å². The van der Waals surface area contributed by atoms with Gasteiger partial charge in [-0.05, 0) is 67.1 Å². The molecule has 0 radical (unpaired) electrons. The largest absolute Gasteiger partial charge is 0.497 e. The second-order valence-electron chi connectivity index (χ2n) is 9.97. The van der Waals surface area contributed by atoms with E-state index in [-0.39, 0.29) is 5.91 Å². The van der Waals surface area contributed by atoms with E-state index >= 15 is 0 Å². The molecule has 0 saturated carbocycles. The summed E-state index contributed by atoms with van der Waals surface area (Å²) in [6.45, 7) is 6.35. The van der Waals surface area contributed by atoms with Gasteiger partial charge in [0, 0.05) is 53.5 Å². The molecule has 0 amide bonds. The van der Waals surface area contributed by atoms with E-state index in [1.54, 1.807) is 35.9 Å². The van der Waals surface area contributed by atoms with Crippen molar-refractivity contribution in [3.63, 3.8) is 0 Å².